The molecule has 0 atom stereocenters. The molecule has 1 aromatic carbocycles. The number of nitrogens with one attached hydrogen (secondary N) is 1. The Labute approximate surface area is 126 Å². The molecule has 1 N–H and O–H groups in total. The Hall–Kier alpha value is -2.01. The van der Waals surface area contributed by atoms with Crippen molar-refractivity contribution in [1.82, 2.24) is 14.5 Å². The highest BCUT2D eigenvalue weighted by Crippen LogP contribution is 2.24. The lowest BCUT2D eigenvalue weighted by molar-refractivity contribution is 0.670. The summed E-state index contributed by atoms with van der Waals surface area (Å²) in [7, 11) is 0. The van der Waals surface area contributed by atoms with Gasteiger partial charge in [-0.05, 0) is 12.5 Å². The van der Waals surface area contributed by atoms with Crippen molar-refractivity contribution in [2.24, 2.45) is 0 Å². The first-order valence-corrected chi connectivity index (χ1v) is 7.99. The highest BCUT2D eigenvalue weighted by Gasteiger charge is 2.14. The van der Waals surface area contributed by atoms with Crippen LogP contribution in [0.5, 0.6) is 0 Å². The van der Waals surface area contributed by atoms with Crippen LogP contribution < -0.4 is 5.56 Å². The monoisotopic (exact) mass is 299 g/mol. The minimum atomic E-state index is -0.0327. The Morgan fingerprint density at radius 2 is 2.24 bits per heavy atom. The first kappa shape index (κ1) is 13.9. The minimum absolute atomic E-state index is 0.0327. The van der Waals surface area contributed by atoms with Gasteiger partial charge in [0, 0.05) is 23.2 Å². The summed E-state index contributed by atoms with van der Waals surface area (Å²) in [6.07, 6.45) is 2.77. The highest BCUT2D eigenvalue weighted by molar-refractivity contribution is 7.99. The van der Waals surface area contributed by atoms with Crippen LogP contribution in [0.1, 0.15) is 13.3 Å². The summed E-state index contributed by atoms with van der Waals surface area (Å²) in [5.41, 5.74) is 2.24. The zero-order chi connectivity index (χ0) is 14.8. The van der Waals surface area contributed by atoms with Gasteiger partial charge in [-0.2, -0.15) is 0 Å². The lowest BCUT2D eigenvalue weighted by Crippen LogP contribution is -2.22. The number of aromatic amines is 1. The molecule has 0 saturated carbocycles. The van der Waals surface area contributed by atoms with Gasteiger partial charge in [-0.1, -0.05) is 43.0 Å². The van der Waals surface area contributed by atoms with Crippen molar-refractivity contribution < 1.29 is 0 Å². The van der Waals surface area contributed by atoms with Crippen LogP contribution in [0.2, 0.25) is 0 Å². The molecule has 0 saturated heterocycles. The molecule has 108 valence electrons. The number of fused-ring (bicyclic) bond motifs is 3. The molecule has 0 radical (unpaired) electrons. The van der Waals surface area contributed by atoms with Gasteiger partial charge in [0.2, 0.25) is 0 Å². The number of thioether (sulfide) groups is 1. The first-order valence-electron chi connectivity index (χ1n) is 7.01. The van der Waals surface area contributed by atoms with Gasteiger partial charge in [0.05, 0.1) is 0 Å². The molecule has 0 aliphatic carbocycles. The number of para-hydroxylation sites is 1. The van der Waals surface area contributed by atoms with Crippen molar-refractivity contribution >= 4 is 33.7 Å². The van der Waals surface area contributed by atoms with E-state index in [2.05, 4.69) is 18.5 Å². The Morgan fingerprint density at radius 3 is 3.00 bits per heavy atom. The second-order valence-electron chi connectivity index (χ2n) is 4.84. The zero-order valence-corrected chi connectivity index (χ0v) is 12.7. The molecule has 3 aromatic rings. The summed E-state index contributed by atoms with van der Waals surface area (Å²) in [5.74, 6) is 0.942. The molecule has 0 fully saturated rings. The Balaban J connectivity index is 2.32. The molecular weight excluding hydrogens is 282 g/mol. The van der Waals surface area contributed by atoms with E-state index >= 15 is 0 Å². The van der Waals surface area contributed by atoms with Crippen molar-refractivity contribution in [2.75, 3.05) is 5.75 Å². The van der Waals surface area contributed by atoms with E-state index in [1.807, 2.05) is 24.3 Å². The van der Waals surface area contributed by atoms with Gasteiger partial charge in [-0.3, -0.25) is 9.36 Å². The maximum atomic E-state index is 12.7. The van der Waals surface area contributed by atoms with Crippen LogP contribution in [0, 0.1) is 0 Å². The number of benzene rings is 1. The molecule has 0 aliphatic rings. The minimum Gasteiger partial charge on any atom is -0.349 e. The molecule has 2 aromatic heterocycles. The predicted molar refractivity (Wildman–Crippen MR) is 89.1 cm³/mol. The number of H-pyrrole nitrogens is 1. The van der Waals surface area contributed by atoms with Crippen LogP contribution >= 0.6 is 11.8 Å². The Morgan fingerprint density at radius 1 is 1.43 bits per heavy atom. The third kappa shape index (κ3) is 2.38. The fraction of sp³-hybridized carbons (Fsp3) is 0.250. The number of rotatable bonds is 5. The van der Waals surface area contributed by atoms with Crippen LogP contribution in [0.4, 0.5) is 0 Å². The van der Waals surface area contributed by atoms with E-state index in [1.165, 1.54) is 0 Å². The van der Waals surface area contributed by atoms with Crippen molar-refractivity contribution in [3.8, 4) is 0 Å². The van der Waals surface area contributed by atoms with Crippen LogP contribution in [-0.4, -0.2) is 20.3 Å². The summed E-state index contributed by atoms with van der Waals surface area (Å²) >= 11 is 1.62. The lowest BCUT2D eigenvalue weighted by Gasteiger charge is -2.09. The molecule has 5 heteroatoms. The van der Waals surface area contributed by atoms with Gasteiger partial charge in [-0.25, -0.2) is 4.98 Å². The second-order valence-corrected chi connectivity index (χ2v) is 5.90. The fourth-order valence-corrected chi connectivity index (χ4v) is 3.23. The summed E-state index contributed by atoms with van der Waals surface area (Å²) in [4.78, 5) is 20.6. The van der Waals surface area contributed by atoms with Gasteiger partial charge in [-0.15, -0.1) is 6.58 Å². The average molecular weight is 299 g/mol. The van der Waals surface area contributed by atoms with Crippen molar-refractivity contribution in [3.63, 3.8) is 0 Å². The normalized spacial score (nSPS) is 11.3. The molecule has 0 bridgehead atoms. The van der Waals surface area contributed by atoms with E-state index in [4.69, 9.17) is 4.98 Å². The molecule has 0 aliphatic heterocycles. The van der Waals surface area contributed by atoms with Crippen LogP contribution in [0.3, 0.4) is 0 Å². The van der Waals surface area contributed by atoms with E-state index in [0.29, 0.717) is 12.1 Å². The van der Waals surface area contributed by atoms with E-state index in [1.54, 1.807) is 22.4 Å². The van der Waals surface area contributed by atoms with Crippen molar-refractivity contribution in [2.45, 2.75) is 25.0 Å². The van der Waals surface area contributed by atoms with E-state index in [-0.39, 0.29) is 5.56 Å². The molecule has 21 heavy (non-hydrogen) atoms. The van der Waals surface area contributed by atoms with Crippen molar-refractivity contribution in [3.05, 3.63) is 47.3 Å². The largest absolute Gasteiger partial charge is 0.349 e. The fourth-order valence-electron chi connectivity index (χ4n) is 2.37. The Bertz CT molecular complexity index is 863. The SMILES string of the molecule is C=CCn1c(SCCC)nc2c([nH]c3ccccc32)c1=O. The highest BCUT2D eigenvalue weighted by atomic mass is 32.2. The summed E-state index contributed by atoms with van der Waals surface area (Å²) < 4.78 is 1.69. The van der Waals surface area contributed by atoms with Gasteiger partial charge >= 0.3 is 0 Å². The zero-order valence-electron chi connectivity index (χ0n) is 11.9. The van der Waals surface area contributed by atoms with Gasteiger partial charge < -0.3 is 4.98 Å². The topological polar surface area (TPSA) is 50.7 Å². The Kier molecular flexibility index (Phi) is 3.84. The summed E-state index contributed by atoms with van der Waals surface area (Å²) in [6, 6.07) is 7.87. The van der Waals surface area contributed by atoms with Crippen LogP contribution in [-0.2, 0) is 6.54 Å². The number of hydrogen-bond donors (Lipinski definition) is 1. The molecule has 3 rings (SSSR count). The maximum absolute atomic E-state index is 12.7. The molecule has 4 nitrogen and oxygen atoms in total. The number of aromatic nitrogens is 3. The number of hydrogen-bond acceptors (Lipinski definition) is 3. The molecule has 0 unspecified atom stereocenters. The van der Waals surface area contributed by atoms with E-state index < -0.39 is 0 Å². The third-order valence-corrected chi connectivity index (χ3v) is 4.51. The second kappa shape index (κ2) is 5.77. The average Bonchev–Trinajstić information content (AvgIpc) is 2.87. The quantitative estimate of drug-likeness (QED) is 0.445. The molecule has 0 amide bonds. The number of allylic oxidation sites excluding steroid dienone is 1. The van der Waals surface area contributed by atoms with Gasteiger partial charge in [0.15, 0.2) is 5.16 Å². The first-order chi connectivity index (χ1) is 10.3. The molecular formula is C16H17N3OS. The summed E-state index contributed by atoms with van der Waals surface area (Å²) in [5, 5.41) is 1.76. The molecule has 0 spiro atoms. The smallest absolute Gasteiger partial charge is 0.278 e. The number of nitrogens with zero attached hydrogens (tertiary/aromatic N) is 2. The van der Waals surface area contributed by atoms with Gasteiger partial charge in [0.25, 0.3) is 5.56 Å². The van der Waals surface area contributed by atoms with Crippen LogP contribution in [0.25, 0.3) is 21.9 Å². The summed E-state index contributed by atoms with van der Waals surface area (Å²) in [6.45, 7) is 6.33. The third-order valence-electron chi connectivity index (χ3n) is 3.32. The molecule has 2 heterocycles. The van der Waals surface area contributed by atoms with Gasteiger partial charge in [0.1, 0.15) is 11.0 Å². The lowest BCUT2D eigenvalue weighted by atomic mass is 10.2. The van der Waals surface area contributed by atoms with Crippen molar-refractivity contribution in [1.29, 1.82) is 0 Å². The maximum Gasteiger partial charge on any atom is 0.278 e. The standard InChI is InChI=1S/C16H17N3OS/c1-3-9-19-15(20)14-13(18-16(19)21-10-4-2)11-7-5-6-8-12(11)17-14/h3,5-8,17H,1,4,9-10H2,2H3. The predicted octanol–water partition coefficient (Wildman–Crippen LogP) is 3.57. The van der Waals surface area contributed by atoms with E-state index in [9.17, 15) is 4.79 Å². The van der Waals surface area contributed by atoms with Crippen LogP contribution in [0.15, 0.2) is 46.9 Å². The van der Waals surface area contributed by atoms with E-state index in [0.717, 1.165) is 33.7 Å².